The van der Waals surface area contributed by atoms with Crippen LogP contribution in [0.25, 0.3) is 0 Å². The second-order valence-electron chi connectivity index (χ2n) is 6.38. The first-order valence-electron chi connectivity index (χ1n) is 8.38. The average Bonchev–Trinajstić information content (AvgIpc) is 3.05. The number of carbonyl (C=O) groups excluding carboxylic acids is 1. The van der Waals surface area contributed by atoms with E-state index in [0.717, 1.165) is 37.9 Å². The Hall–Kier alpha value is -3.09. The van der Waals surface area contributed by atoms with Gasteiger partial charge in [0.1, 0.15) is 11.3 Å². The zero-order chi connectivity index (χ0) is 19.6. The summed E-state index contributed by atoms with van der Waals surface area (Å²) in [5.41, 5.74) is 4.70. The fourth-order valence-corrected chi connectivity index (χ4v) is 3.18. The minimum atomic E-state index is -4.54. The summed E-state index contributed by atoms with van der Waals surface area (Å²) in [5, 5.41) is 16.4. The summed E-state index contributed by atoms with van der Waals surface area (Å²) >= 11 is 0. The lowest BCUT2D eigenvalue weighted by atomic mass is 9.85. The van der Waals surface area contributed by atoms with E-state index in [9.17, 15) is 23.2 Å². The summed E-state index contributed by atoms with van der Waals surface area (Å²) in [7, 11) is 0. The lowest BCUT2D eigenvalue weighted by molar-refractivity contribution is -0.141. The van der Waals surface area contributed by atoms with Gasteiger partial charge in [-0.15, -0.1) is 0 Å². The van der Waals surface area contributed by atoms with E-state index in [4.69, 9.17) is 5.73 Å². The molecule has 1 aliphatic carbocycles. The molecule has 2 aromatic heterocycles. The third-order valence-corrected chi connectivity index (χ3v) is 4.55. The molecule has 0 saturated heterocycles. The van der Waals surface area contributed by atoms with E-state index < -0.39 is 17.8 Å². The summed E-state index contributed by atoms with van der Waals surface area (Å²) in [6, 6.07) is 4.11. The van der Waals surface area contributed by atoms with Gasteiger partial charge >= 0.3 is 6.18 Å². The largest absolute Gasteiger partial charge is 0.433 e. The van der Waals surface area contributed by atoms with Gasteiger partial charge in [-0.3, -0.25) is 9.48 Å². The molecule has 2 aromatic rings. The maximum atomic E-state index is 12.6. The van der Waals surface area contributed by atoms with Gasteiger partial charge in [0.15, 0.2) is 5.82 Å². The number of halogens is 3. The van der Waals surface area contributed by atoms with Gasteiger partial charge in [0.05, 0.1) is 29.9 Å². The maximum Gasteiger partial charge on any atom is 0.433 e. The number of anilines is 2. The van der Waals surface area contributed by atoms with E-state index in [2.05, 4.69) is 21.5 Å². The topological polar surface area (TPSA) is 110 Å². The molecule has 0 aliphatic heterocycles. The number of pyridine rings is 1. The summed E-state index contributed by atoms with van der Waals surface area (Å²) < 4.78 is 39.4. The molecule has 10 heteroatoms. The molecular weight excluding hydrogens is 361 g/mol. The van der Waals surface area contributed by atoms with Crippen molar-refractivity contribution in [1.82, 2.24) is 14.8 Å². The molecule has 1 amide bonds. The molecule has 7 nitrogen and oxygen atoms in total. The molecule has 1 fully saturated rings. The number of nitrogens with two attached hydrogens (primary N) is 1. The number of hydrogen-bond acceptors (Lipinski definition) is 5. The number of primary amides is 1. The second kappa shape index (κ2) is 7.26. The monoisotopic (exact) mass is 378 g/mol. The van der Waals surface area contributed by atoms with Crippen molar-refractivity contribution >= 4 is 17.4 Å². The molecule has 0 unspecified atom stereocenters. The number of alkyl halides is 3. The molecule has 142 valence electrons. The molecule has 0 spiro atoms. The van der Waals surface area contributed by atoms with Gasteiger partial charge in [-0.2, -0.15) is 23.5 Å². The molecule has 2 heterocycles. The van der Waals surface area contributed by atoms with Crippen molar-refractivity contribution in [3.05, 3.63) is 35.8 Å². The number of carbonyl (C=O) groups is 1. The Kier molecular flexibility index (Phi) is 5.03. The van der Waals surface area contributed by atoms with Gasteiger partial charge in [0.25, 0.3) is 5.91 Å². The van der Waals surface area contributed by atoms with Gasteiger partial charge in [-0.1, -0.05) is 12.8 Å². The minimum absolute atomic E-state index is 0.0946. The molecule has 1 aliphatic rings. The molecule has 0 radical (unpaired) electrons. The van der Waals surface area contributed by atoms with Crippen LogP contribution >= 0.6 is 0 Å². The molecular formula is C17H17F3N6O. The van der Waals surface area contributed by atoms with Crippen LogP contribution in [-0.2, 0) is 6.18 Å². The van der Waals surface area contributed by atoms with Crippen molar-refractivity contribution in [2.24, 2.45) is 11.7 Å². The zero-order valence-corrected chi connectivity index (χ0v) is 14.2. The number of amides is 1. The Morgan fingerprint density at radius 3 is 2.67 bits per heavy atom. The normalized spacial score (nSPS) is 20.1. The predicted octanol–water partition coefficient (Wildman–Crippen LogP) is 3.39. The Bertz CT molecular complexity index is 868. The molecule has 0 bridgehead atoms. The van der Waals surface area contributed by atoms with Gasteiger partial charge in [0, 0.05) is 6.20 Å². The Balaban J connectivity index is 1.88. The van der Waals surface area contributed by atoms with Crippen LogP contribution in [0.4, 0.5) is 24.7 Å². The van der Waals surface area contributed by atoms with Crippen LogP contribution in [-0.4, -0.2) is 20.7 Å². The van der Waals surface area contributed by atoms with Crippen LogP contribution in [0.2, 0.25) is 0 Å². The van der Waals surface area contributed by atoms with Crippen LogP contribution < -0.4 is 11.1 Å². The summed E-state index contributed by atoms with van der Waals surface area (Å²) in [4.78, 5) is 15.1. The summed E-state index contributed by atoms with van der Waals surface area (Å²) in [5.74, 6) is -0.834. The Morgan fingerprint density at radius 1 is 1.33 bits per heavy atom. The van der Waals surface area contributed by atoms with Crippen LogP contribution in [0.5, 0.6) is 0 Å². The number of aromatic nitrogens is 3. The standard InChI is InChI=1S/C17H17F3N6O/c18-17(19,20)14-6-5-11(8-23-14)24-16-12(15(22)27)9-26(25-16)13-4-2-1-3-10(13)7-21/h5-6,8-10,13H,1-4H2,(H2,22,27)(H,24,25)/t10-,13+/m0/s1. The van der Waals surface area contributed by atoms with Gasteiger partial charge < -0.3 is 11.1 Å². The van der Waals surface area contributed by atoms with Crippen LogP contribution in [0.15, 0.2) is 24.5 Å². The average molecular weight is 378 g/mol. The molecule has 0 aromatic carbocycles. The highest BCUT2D eigenvalue weighted by Gasteiger charge is 2.32. The lowest BCUT2D eigenvalue weighted by Crippen LogP contribution is -2.22. The third kappa shape index (κ3) is 4.02. The van der Waals surface area contributed by atoms with Crippen LogP contribution in [0.1, 0.15) is 47.8 Å². The van der Waals surface area contributed by atoms with Gasteiger partial charge in [-0.25, -0.2) is 4.98 Å². The van der Waals surface area contributed by atoms with E-state index >= 15 is 0 Å². The highest BCUT2D eigenvalue weighted by Crippen LogP contribution is 2.34. The van der Waals surface area contributed by atoms with Crippen molar-refractivity contribution in [2.75, 3.05) is 5.32 Å². The van der Waals surface area contributed by atoms with E-state index in [1.807, 2.05) is 0 Å². The maximum absolute atomic E-state index is 12.6. The summed E-state index contributed by atoms with van der Waals surface area (Å²) in [6.45, 7) is 0. The fraction of sp³-hybridized carbons (Fsp3) is 0.412. The molecule has 2 atom stereocenters. The Labute approximate surface area is 153 Å². The first-order valence-corrected chi connectivity index (χ1v) is 8.38. The quantitative estimate of drug-likeness (QED) is 0.847. The lowest BCUT2D eigenvalue weighted by Gasteiger charge is -2.26. The first kappa shape index (κ1) is 18.7. The SMILES string of the molecule is N#C[C@@H]1CCCC[C@H]1n1cc(C(N)=O)c(Nc2ccc(C(F)(F)F)nc2)n1. The van der Waals surface area contributed by atoms with E-state index in [0.29, 0.717) is 0 Å². The number of nitriles is 1. The third-order valence-electron chi connectivity index (χ3n) is 4.55. The number of nitrogens with zero attached hydrogens (tertiary/aromatic N) is 4. The minimum Gasteiger partial charge on any atom is -0.365 e. The summed E-state index contributed by atoms with van der Waals surface area (Å²) in [6.07, 6.45) is 1.35. The Morgan fingerprint density at radius 2 is 2.07 bits per heavy atom. The molecule has 3 N–H and O–H groups in total. The van der Waals surface area contributed by atoms with Gasteiger partial charge in [-0.05, 0) is 25.0 Å². The molecule has 27 heavy (non-hydrogen) atoms. The zero-order valence-electron chi connectivity index (χ0n) is 14.2. The van der Waals surface area contributed by atoms with Crippen molar-refractivity contribution in [1.29, 1.82) is 5.26 Å². The molecule has 1 saturated carbocycles. The highest BCUT2D eigenvalue weighted by atomic mass is 19.4. The van der Waals surface area contributed by atoms with Crippen LogP contribution in [0.3, 0.4) is 0 Å². The molecule has 3 rings (SSSR count). The first-order chi connectivity index (χ1) is 12.8. The van der Waals surface area contributed by atoms with Crippen molar-refractivity contribution < 1.29 is 18.0 Å². The van der Waals surface area contributed by atoms with Crippen molar-refractivity contribution in [3.8, 4) is 6.07 Å². The second-order valence-corrected chi connectivity index (χ2v) is 6.38. The smallest absolute Gasteiger partial charge is 0.365 e. The van der Waals surface area contributed by atoms with Crippen molar-refractivity contribution in [2.45, 2.75) is 37.9 Å². The predicted molar refractivity (Wildman–Crippen MR) is 89.9 cm³/mol. The van der Waals surface area contributed by atoms with E-state index in [1.54, 1.807) is 4.68 Å². The van der Waals surface area contributed by atoms with Gasteiger partial charge in [0.2, 0.25) is 0 Å². The van der Waals surface area contributed by atoms with Crippen molar-refractivity contribution in [3.63, 3.8) is 0 Å². The number of rotatable bonds is 4. The van der Waals surface area contributed by atoms with E-state index in [1.165, 1.54) is 12.3 Å². The fourth-order valence-electron chi connectivity index (χ4n) is 3.18. The van der Waals surface area contributed by atoms with Crippen LogP contribution in [0, 0.1) is 17.2 Å². The number of hydrogen-bond donors (Lipinski definition) is 2. The highest BCUT2D eigenvalue weighted by molar-refractivity contribution is 5.98. The number of nitrogens with one attached hydrogen (secondary N) is 1. The van der Waals surface area contributed by atoms with E-state index in [-0.39, 0.29) is 29.0 Å².